The van der Waals surface area contributed by atoms with Gasteiger partial charge in [0.15, 0.2) is 0 Å². The molecule has 0 spiro atoms. The first-order valence-electron chi connectivity index (χ1n) is 5.92. The summed E-state index contributed by atoms with van der Waals surface area (Å²) in [6.07, 6.45) is 1.01. The van der Waals surface area contributed by atoms with Gasteiger partial charge in [-0.05, 0) is 32.4 Å². The molecule has 92 valence electrons. The molecule has 2 aromatic rings. The lowest BCUT2D eigenvalue weighted by Gasteiger charge is -2.09. The predicted molar refractivity (Wildman–Crippen MR) is 70.2 cm³/mol. The third kappa shape index (κ3) is 3.17. The molecule has 1 atom stereocenters. The summed E-state index contributed by atoms with van der Waals surface area (Å²) in [4.78, 5) is 4.52. The molecule has 0 aliphatic rings. The molecule has 0 amide bonds. The standard InChI is InChI=1S/C13H18N2OS/c1-4-13-15-11(8-17-13)7-14-10(3)12-6-5-9(2)16-12/h5-6,8,10,14H,4,7H2,1-3H3. The highest BCUT2D eigenvalue weighted by Gasteiger charge is 2.09. The van der Waals surface area contributed by atoms with Crippen molar-refractivity contribution in [3.63, 3.8) is 0 Å². The molecule has 2 aromatic heterocycles. The monoisotopic (exact) mass is 250 g/mol. The maximum Gasteiger partial charge on any atom is 0.120 e. The summed E-state index contributed by atoms with van der Waals surface area (Å²) in [7, 11) is 0. The summed E-state index contributed by atoms with van der Waals surface area (Å²) in [5.41, 5.74) is 1.11. The van der Waals surface area contributed by atoms with Gasteiger partial charge in [-0.15, -0.1) is 11.3 Å². The Morgan fingerprint density at radius 3 is 2.88 bits per heavy atom. The molecule has 0 aromatic carbocycles. The number of rotatable bonds is 5. The van der Waals surface area contributed by atoms with Gasteiger partial charge < -0.3 is 9.73 Å². The van der Waals surface area contributed by atoms with Crippen LogP contribution in [0.15, 0.2) is 21.9 Å². The van der Waals surface area contributed by atoms with Crippen LogP contribution in [0.25, 0.3) is 0 Å². The average molecular weight is 250 g/mol. The molecule has 0 fully saturated rings. The lowest BCUT2D eigenvalue weighted by Crippen LogP contribution is -2.17. The summed E-state index contributed by atoms with van der Waals surface area (Å²) in [5.74, 6) is 1.93. The normalized spacial score (nSPS) is 12.9. The zero-order chi connectivity index (χ0) is 12.3. The Hall–Kier alpha value is -1.13. The number of thiazole rings is 1. The van der Waals surface area contributed by atoms with E-state index < -0.39 is 0 Å². The molecule has 2 rings (SSSR count). The van der Waals surface area contributed by atoms with Crippen molar-refractivity contribution >= 4 is 11.3 Å². The van der Waals surface area contributed by atoms with Gasteiger partial charge >= 0.3 is 0 Å². The Morgan fingerprint density at radius 1 is 1.47 bits per heavy atom. The fourth-order valence-corrected chi connectivity index (χ4v) is 2.38. The number of furan rings is 1. The highest BCUT2D eigenvalue weighted by atomic mass is 32.1. The van der Waals surface area contributed by atoms with E-state index in [1.165, 1.54) is 5.01 Å². The maximum absolute atomic E-state index is 5.58. The molecular formula is C13H18N2OS. The van der Waals surface area contributed by atoms with Gasteiger partial charge in [-0.3, -0.25) is 0 Å². The Bertz CT molecular complexity index is 475. The van der Waals surface area contributed by atoms with Crippen LogP contribution in [0.1, 0.15) is 42.1 Å². The SMILES string of the molecule is CCc1nc(CNC(C)c2ccc(C)o2)cs1. The number of aryl methyl sites for hydroxylation is 2. The molecule has 17 heavy (non-hydrogen) atoms. The van der Waals surface area contributed by atoms with E-state index in [4.69, 9.17) is 4.42 Å². The molecule has 0 radical (unpaired) electrons. The highest BCUT2D eigenvalue weighted by molar-refractivity contribution is 7.09. The zero-order valence-electron chi connectivity index (χ0n) is 10.5. The van der Waals surface area contributed by atoms with E-state index in [1.807, 2.05) is 19.1 Å². The van der Waals surface area contributed by atoms with Crippen molar-refractivity contribution in [2.45, 2.75) is 39.8 Å². The van der Waals surface area contributed by atoms with Crippen LogP contribution in [-0.2, 0) is 13.0 Å². The molecule has 2 heterocycles. The van der Waals surface area contributed by atoms with Crippen molar-refractivity contribution in [2.24, 2.45) is 0 Å². The minimum absolute atomic E-state index is 0.218. The molecule has 0 aliphatic heterocycles. The molecule has 3 nitrogen and oxygen atoms in total. The maximum atomic E-state index is 5.58. The zero-order valence-corrected chi connectivity index (χ0v) is 11.3. The van der Waals surface area contributed by atoms with Crippen LogP contribution in [-0.4, -0.2) is 4.98 Å². The average Bonchev–Trinajstić information content (AvgIpc) is 2.94. The first kappa shape index (κ1) is 12.3. The third-order valence-electron chi connectivity index (χ3n) is 2.68. The summed E-state index contributed by atoms with van der Waals surface area (Å²) in [5, 5.41) is 6.73. The molecule has 0 saturated carbocycles. The van der Waals surface area contributed by atoms with E-state index in [0.717, 1.165) is 30.2 Å². The first-order valence-corrected chi connectivity index (χ1v) is 6.80. The van der Waals surface area contributed by atoms with Crippen LogP contribution in [0.2, 0.25) is 0 Å². The van der Waals surface area contributed by atoms with Crippen molar-refractivity contribution < 1.29 is 4.42 Å². The van der Waals surface area contributed by atoms with Crippen molar-refractivity contribution in [3.05, 3.63) is 39.7 Å². The number of hydrogen-bond donors (Lipinski definition) is 1. The topological polar surface area (TPSA) is 38.1 Å². The molecule has 1 N–H and O–H groups in total. The fraction of sp³-hybridized carbons (Fsp3) is 0.462. The van der Waals surface area contributed by atoms with Gasteiger partial charge in [0.25, 0.3) is 0 Å². The minimum Gasteiger partial charge on any atom is -0.465 e. The van der Waals surface area contributed by atoms with Crippen LogP contribution >= 0.6 is 11.3 Å². The second-order valence-corrected chi connectivity index (χ2v) is 5.08. The van der Waals surface area contributed by atoms with Crippen LogP contribution < -0.4 is 5.32 Å². The van der Waals surface area contributed by atoms with E-state index in [1.54, 1.807) is 11.3 Å². The van der Waals surface area contributed by atoms with Crippen LogP contribution in [0.4, 0.5) is 0 Å². The van der Waals surface area contributed by atoms with Crippen molar-refractivity contribution in [1.82, 2.24) is 10.3 Å². The van der Waals surface area contributed by atoms with Crippen molar-refractivity contribution in [3.8, 4) is 0 Å². The third-order valence-corrected chi connectivity index (χ3v) is 3.72. The summed E-state index contributed by atoms with van der Waals surface area (Å²) >= 11 is 1.73. The molecule has 0 aliphatic carbocycles. The lowest BCUT2D eigenvalue weighted by atomic mass is 10.2. The molecule has 1 unspecified atom stereocenters. The van der Waals surface area contributed by atoms with Crippen LogP contribution in [0.3, 0.4) is 0 Å². The largest absolute Gasteiger partial charge is 0.465 e. The molecular weight excluding hydrogens is 232 g/mol. The second-order valence-electron chi connectivity index (χ2n) is 4.14. The summed E-state index contributed by atoms with van der Waals surface area (Å²) in [6.45, 7) is 6.98. The Kier molecular flexibility index (Phi) is 3.97. The summed E-state index contributed by atoms with van der Waals surface area (Å²) in [6, 6.07) is 4.23. The predicted octanol–water partition coefficient (Wildman–Crippen LogP) is 3.46. The van der Waals surface area contributed by atoms with Gasteiger partial charge in [0.2, 0.25) is 0 Å². The number of nitrogens with one attached hydrogen (secondary N) is 1. The van der Waals surface area contributed by atoms with E-state index in [0.29, 0.717) is 0 Å². The van der Waals surface area contributed by atoms with E-state index in [2.05, 4.69) is 29.5 Å². The van der Waals surface area contributed by atoms with E-state index in [9.17, 15) is 0 Å². The van der Waals surface area contributed by atoms with Gasteiger partial charge in [-0.25, -0.2) is 4.98 Å². The van der Waals surface area contributed by atoms with Crippen LogP contribution in [0, 0.1) is 6.92 Å². The smallest absolute Gasteiger partial charge is 0.120 e. The Labute approximate surface area is 106 Å². The minimum atomic E-state index is 0.218. The van der Waals surface area contributed by atoms with Gasteiger partial charge in [-0.1, -0.05) is 6.92 Å². The van der Waals surface area contributed by atoms with Gasteiger partial charge in [0.1, 0.15) is 11.5 Å². The quantitative estimate of drug-likeness (QED) is 0.883. The molecule has 0 bridgehead atoms. The molecule has 0 saturated heterocycles. The van der Waals surface area contributed by atoms with Crippen LogP contribution in [0.5, 0.6) is 0 Å². The highest BCUT2D eigenvalue weighted by Crippen LogP contribution is 2.16. The van der Waals surface area contributed by atoms with Gasteiger partial charge in [-0.2, -0.15) is 0 Å². The van der Waals surface area contributed by atoms with Crippen molar-refractivity contribution in [1.29, 1.82) is 0 Å². The Morgan fingerprint density at radius 2 is 2.29 bits per heavy atom. The number of aromatic nitrogens is 1. The number of hydrogen-bond acceptors (Lipinski definition) is 4. The summed E-state index contributed by atoms with van der Waals surface area (Å²) < 4.78 is 5.58. The van der Waals surface area contributed by atoms with E-state index in [-0.39, 0.29) is 6.04 Å². The van der Waals surface area contributed by atoms with Gasteiger partial charge in [0.05, 0.1) is 16.7 Å². The Balaban J connectivity index is 1.89. The fourth-order valence-electron chi connectivity index (χ4n) is 1.64. The second kappa shape index (κ2) is 5.47. The van der Waals surface area contributed by atoms with E-state index >= 15 is 0 Å². The van der Waals surface area contributed by atoms with Gasteiger partial charge in [0, 0.05) is 11.9 Å². The number of nitrogens with zero attached hydrogens (tertiary/aromatic N) is 1. The lowest BCUT2D eigenvalue weighted by molar-refractivity contribution is 0.415. The van der Waals surface area contributed by atoms with Crippen molar-refractivity contribution in [2.75, 3.05) is 0 Å². The first-order chi connectivity index (χ1) is 8.19. The molecule has 4 heteroatoms.